The zero-order chi connectivity index (χ0) is 13.4. The Morgan fingerprint density at radius 2 is 2.11 bits per heavy atom. The normalized spacial score (nSPS) is 22.4. The van der Waals surface area contributed by atoms with Crippen LogP contribution in [0.1, 0.15) is 29.0 Å². The molecule has 0 amide bonds. The summed E-state index contributed by atoms with van der Waals surface area (Å²) in [6, 6.07) is 7.36. The number of hydrogen-bond acceptors (Lipinski definition) is 4. The van der Waals surface area contributed by atoms with Crippen molar-refractivity contribution in [1.29, 1.82) is 0 Å². The molecule has 5 nitrogen and oxygen atoms in total. The van der Waals surface area contributed by atoms with E-state index in [1.165, 1.54) is 0 Å². The summed E-state index contributed by atoms with van der Waals surface area (Å²) < 4.78 is 5.60. The Hall–Kier alpha value is -1.85. The zero-order valence-corrected chi connectivity index (χ0v) is 10.3. The minimum atomic E-state index is -0.976. The second-order valence-electron chi connectivity index (χ2n) is 4.90. The first-order chi connectivity index (χ1) is 9.15. The molecule has 1 aliphatic rings. The van der Waals surface area contributed by atoms with Crippen molar-refractivity contribution in [2.24, 2.45) is 0 Å². The van der Waals surface area contributed by atoms with Gasteiger partial charge in [0.1, 0.15) is 16.9 Å². The molecule has 1 aromatic heterocycles. The van der Waals surface area contributed by atoms with Gasteiger partial charge in [0.15, 0.2) is 0 Å². The molecule has 1 aromatic carbocycles. The smallest absolute Gasteiger partial charge is 0.339 e. The monoisotopic (exact) mass is 261 g/mol. The van der Waals surface area contributed by atoms with Gasteiger partial charge in [-0.1, -0.05) is 18.2 Å². The van der Waals surface area contributed by atoms with E-state index in [-0.39, 0.29) is 17.7 Å². The highest BCUT2D eigenvalue weighted by Crippen LogP contribution is 2.27. The molecule has 19 heavy (non-hydrogen) atoms. The number of benzene rings is 1. The van der Waals surface area contributed by atoms with Crippen molar-refractivity contribution in [2.75, 3.05) is 0 Å². The molecule has 3 N–H and O–H groups in total. The predicted molar refractivity (Wildman–Crippen MR) is 69.0 cm³/mol. The third-order valence-electron chi connectivity index (χ3n) is 3.55. The Kier molecular flexibility index (Phi) is 3.00. The summed E-state index contributed by atoms with van der Waals surface area (Å²) in [7, 11) is 0. The van der Waals surface area contributed by atoms with Crippen molar-refractivity contribution in [2.45, 2.75) is 31.5 Å². The molecule has 5 heteroatoms. The SMILES string of the molecule is O=C(O)c1c(CNC2CC(O)C2)oc2ccccc12. The molecule has 1 aliphatic carbocycles. The predicted octanol–water partition coefficient (Wildman–Crippen LogP) is 1.74. The first kappa shape index (κ1) is 12.2. The van der Waals surface area contributed by atoms with Crippen LogP contribution in [0, 0.1) is 0 Å². The summed E-state index contributed by atoms with van der Waals surface area (Å²) in [4.78, 5) is 11.3. The molecule has 1 fully saturated rings. The Morgan fingerprint density at radius 1 is 1.37 bits per heavy atom. The number of rotatable bonds is 4. The number of hydrogen-bond donors (Lipinski definition) is 3. The van der Waals surface area contributed by atoms with Crippen molar-refractivity contribution in [1.82, 2.24) is 5.32 Å². The Morgan fingerprint density at radius 3 is 2.79 bits per heavy atom. The van der Waals surface area contributed by atoms with Crippen LogP contribution in [0.4, 0.5) is 0 Å². The van der Waals surface area contributed by atoms with Crippen LogP contribution >= 0.6 is 0 Å². The lowest BCUT2D eigenvalue weighted by Crippen LogP contribution is -2.43. The molecule has 0 unspecified atom stereocenters. The standard InChI is InChI=1S/C14H15NO4/c16-9-5-8(6-9)15-7-12-13(14(17)18)10-3-1-2-4-11(10)19-12/h1-4,8-9,15-16H,5-7H2,(H,17,18). The van der Waals surface area contributed by atoms with E-state index >= 15 is 0 Å². The molecule has 2 aromatic rings. The third-order valence-corrected chi connectivity index (χ3v) is 3.55. The van der Waals surface area contributed by atoms with Gasteiger partial charge in [-0.05, 0) is 18.9 Å². The fourth-order valence-electron chi connectivity index (χ4n) is 2.45. The quantitative estimate of drug-likeness (QED) is 0.781. The summed E-state index contributed by atoms with van der Waals surface area (Å²) in [5.74, 6) is -0.537. The van der Waals surface area contributed by atoms with E-state index in [1.54, 1.807) is 18.2 Å². The number of aliphatic hydroxyl groups is 1. The molecule has 1 heterocycles. The van der Waals surface area contributed by atoms with E-state index in [4.69, 9.17) is 4.42 Å². The van der Waals surface area contributed by atoms with E-state index in [2.05, 4.69) is 5.32 Å². The molecule has 1 saturated carbocycles. The van der Waals surface area contributed by atoms with Gasteiger partial charge in [-0.25, -0.2) is 4.79 Å². The van der Waals surface area contributed by atoms with E-state index in [0.717, 1.165) is 0 Å². The Balaban J connectivity index is 1.85. The number of nitrogens with one attached hydrogen (secondary N) is 1. The molecule has 0 radical (unpaired) electrons. The molecule has 0 spiro atoms. The van der Waals surface area contributed by atoms with Gasteiger partial charge in [0.2, 0.25) is 0 Å². The van der Waals surface area contributed by atoms with E-state index in [1.807, 2.05) is 6.07 Å². The summed E-state index contributed by atoms with van der Waals surface area (Å²) >= 11 is 0. The summed E-state index contributed by atoms with van der Waals surface area (Å²) in [5, 5.41) is 22.3. The maximum Gasteiger partial charge on any atom is 0.339 e. The van der Waals surface area contributed by atoms with Crippen LogP contribution < -0.4 is 5.32 Å². The second kappa shape index (κ2) is 4.68. The van der Waals surface area contributed by atoms with Crippen LogP contribution in [0.2, 0.25) is 0 Å². The lowest BCUT2D eigenvalue weighted by atomic mass is 9.89. The van der Waals surface area contributed by atoms with Gasteiger partial charge in [0, 0.05) is 11.4 Å². The lowest BCUT2D eigenvalue weighted by molar-refractivity contribution is 0.0605. The van der Waals surface area contributed by atoms with Gasteiger partial charge in [-0.3, -0.25) is 0 Å². The highest BCUT2D eigenvalue weighted by molar-refractivity contribution is 6.03. The summed E-state index contributed by atoms with van der Waals surface area (Å²) in [6.07, 6.45) is 1.19. The van der Waals surface area contributed by atoms with Gasteiger partial charge in [-0.2, -0.15) is 0 Å². The Bertz CT molecular complexity index is 613. The Labute approximate surface area is 109 Å². The first-order valence-corrected chi connectivity index (χ1v) is 6.30. The lowest BCUT2D eigenvalue weighted by Gasteiger charge is -2.31. The number of carboxylic acids is 1. The molecule has 0 bridgehead atoms. The van der Waals surface area contributed by atoms with E-state index < -0.39 is 5.97 Å². The first-order valence-electron chi connectivity index (χ1n) is 6.30. The van der Waals surface area contributed by atoms with E-state index in [0.29, 0.717) is 36.1 Å². The zero-order valence-electron chi connectivity index (χ0n) is 10.3. The number of carboxylic acid groups (broad SMARTS) is 1. The number of furan rings is 1. The van der Waals surface area contributed by atoms with Crippen molar-refractivity contribution in [3.8, 4) is 0 Å². The van der Waals surface area contributed by atoms with Crippen LogP contribution in [-0.4, -0.2) is 28.3 Å². The van der Waals surface area contributed by atoms with Crippen molar-refractivity contribution in [3.63, 3.8) is 0 Å². The van der Waals surface area contributed by atoms with Gasteiger partial charge in [0.25, 0.3) is 0 Å². The van der Waals surface area contributed by atoms with Gasteiger partial charge in [-0.15, -0.1) is 0 Å². The number of para-hydroxylation sites is 1. The minimum absolute atomic E-state index is 0.225. The van der Waals surface area contributed by atoms with Gasteiger partial charge >= 0.3 is 5.97 Å². The molecule has 0 atom stereocenters. The largest absolute Gasteiger partial charge is 0.478 e. The molecule has 3 rings (SSSR count). The van der Waals surface area contributed by atoms with Gasteiger partial charge in [0.05, 0.1) is 12.6 Å². The number of aliphatic hydroxyl groups excluding tert-OH is 1. The average Bonchev–Trinajstić information content (AvgIpc) is 2.71. The topological polar surface area (TPSA) is 82.7 Å². The molecular formula is C14H15NO4. The minimum Gasteiger partial charge on any atom is -0.478 e. The fourth-order valence-corrected chi connectivity index (χ4v) is 2.45. The maximum atomic E-state index is 11.3. The highest BCUT2D eigenvalue weighted by Gasteiger charge is 2.28. The van der Waals surface area contributed by atoms with Crippen LogP contribution in [-0.2, 0) is 6.54 Å². The molecule has 0 aliphatic heterocycles. The van der Waals surface area contributed by atoms with Crippen LogP contribution in [0.5, 0.6) is 0 Å². The molecule has 100 valence electrons. The molecule has 0 saturated heterocycles. The van der Waals surface area contributed by atoms with Crippen molar-refractivity contribution in [3.05, 3.63) is 35.6 Å². The fraction of sp³-hybridized carbons (Fsp3) is 0.357. The van der Waals surface area contributed by atoms with Crippen molar-refractivity contribution < 1.29 is 19.4 Å². The maximum absolute atomic E-state index is 11.3. The third kappa shape index (κ3) is 2.22. The average molecular weight is 261 g/mol. The van der Waals surface area contributed by atoms with Crippen LogP contribution in [0.3, 0.4) is 0 Å². The highest BCUT2D eigenvalue weighted by atomic mass is 16.4. The van der Waals surface area contributed by atoms with Crippen molar-refractivity contribution >= 4 is 16.9 Å². The molecular weight excluding hydrogens is 246 g/mol. The van der Waals surface area contributed by atoms with Crippen LogP contribution in [0.15, 0.2) is 28.7 Å². The number of aromatic carboxylic acids is 1. The second-order valence-corrected chi connectivity index (χ2v) is 4.90. The summed E-state index contributed by atoms with van der Waals surface area (Å²) in [5.41, 5.74) is 0.813. The van der Waals surface area contributed by atoms with E-state index in [9.17, 15) is 15.0 Å². The van der Waals surface area contributed by atoms with Crippen LogP contribution in [0.25, 0.3) is 11.0 Å². The van der Waals surface area contributed by atoms with Gasteiger partial charge < -0.3 is 19.9 Å². The number of carbonyl (C=O) groups is 1. The summed E-state index contributed by atoms with van der Waals surface area (Å²) in [6.45, 7) is 0.369. The number of fused-ring (bicyclic) bond motifs is 1.